The van der Waals surface area contributed by atoms with Gasteiger partial charge in [-0.1, -0.05) is 96.8 Å². The van der Waals surface area contributed by atoms with Crippen molar-refractivity contribution in [1.29, 1.82) is 0 Å². The van der Waals surface area contributed by atoms with E-state index in [0.29, 0.717) is 0 Å². The van der Waals surface area contributed by atoms with Crippen molar-refractivity contribution in [3.05, 3.63) is 30.3 Å². The fourth-order valence-electron chi connectivity index (χ4n) is 2.25. The second-order valence-electron chi connectivity index (χ2n) is 6.21. The minimum atomic E-state index is -4.00. The van der Waals surface area contributed by atoms with E-state index in [1.165, 1.54) is 69.9 Å². The standard InChI is InChI=1S/C13H28.C6H6O3S/c1-4-6-7-8-9-10-11-12-13(3)5-2;7-10(8,9)6-4-2-1-3-5-6/h13H,4-12H2,1-3H3;1-5H,(H,7,8,9). The van der Waals surface area contributed by atoms with Gasteiger partial charge in [-0.15, -0.1) is 0 Å². The van der Waals surface area contributed by atoms with Gasteiger partial charge in [-0.2, -0.15) is 8.42 Å². The normalized spacial score (nSPS) is 12.3. The van der Waals surface area contributed by atoms with Gasteiger partial charge in [0.25, 0.3) is 10.1 Å². The molecule has 0 saturated heterocycles. The molecular formula is C19H34O3S. The third-order valence-corrected chi connectivity index (χ3v) is 4.91. The van der Waals surface area contributed by atoms with Crippen LogP contribution < -0.4 is 0 Å². The zero-order valence-electron chi connectivity index (χ0n) is 15.0. The topological polar surface area (TPSA) is 54.4 Å². The van der Waals surface area contributed by atoms with E-state index < -0.39 is 10.1 Å². The van der Waals surface area contributed by atoms with Crippen LogP contribution in [0.15, 0.2) is 35.2 Å². The summed E-state index contributed by atoms with van der Waals surface area (Å²) in [4.78, 5) is -0.0741. The number of unbranched alkanes of at least 4 members (excludes halogenated alkanes) is 6. The highest BCUT2D eigenvalue weighted by Gasteiger charge is 2.05. The number of hydrogen-bond donors (Lipinski definition) is 1. The molecule has 0 bridgehead atoms. The SMILES string of the molecule is CCCCCCCCCC(C)CC.O=S(=O)(O)c1ccccc1. The quantitative estimate of drug-likeness (QED) is 0.412. The first kappa shape index (κ1) is 22.1. The van der Waals surface area contributed by atoms with Crippen molar-refractivity contribution in [1.82, 2.24) is 0 Å². The van der Waals surface area contributed by atoms with Gasteiger partial charge >= 0.3 is 0 Å². The van der Waals surface area contributed by atoms with Gasteiger partial charge < -0.3 is 0 Å². The first-order chi connectivity index (χ1) is 10.9. The van der Waals surface area contributed by atoms with E-state index in [0.717, 1.165) is 5.92 Å². The first-order valence-corrected chi connectivity index (χ1v) is 10.4. The fourth-order valence-corrected chi connectivity index (χ4v) is 2.75. The lowest BCUT2D eigenvalue weighted by molar-refractivity contribution is 0.471. The van der Waals surface area contributed by atoms with Crippen LogP contribution in [-0.4, -0.2) is 13.0 Å². The van der Waals surface area contributed by atoms with E-state index in [9.17, 15) is 8.42 Å². The summed E-state index contributed by atoms with van der Waals surface area (Å²) in [5.41, 5.74) is 0. The van der Waals surface area contributed by atoms with Gasteiger partial charge in [0.05, 0.1) is 4.90 Å². The summed E-state index contributed by atoms with van der Waals surface area (Å²) in [6.45, 7) is 6.95. The number of hydrogen-bond acceptors (Lipinski definition) is 2. The molecule has 1 aromatic carbocycles. The van der Waals surface area contributed by atoms with Crippen LogP contribution in [-0.2, 0) is 10.1 Å². The van der Waals surface area contributed by atoms with Crippen molar-refractivity contribution < 1.29 is 13.0 Å². The molecule has 0 heterocycles. The molecule has 0 saturated carbocycles. The van der Waals surface area contributed by atoms with Crippen molar-refractivity contribution in [2.24, 2.45) is 5.92 Å². The van der Waals surface area contributed by atoms with E-state index in [1.54, 1.807) is 18.2 Å². The molecule has 1 aromatic rings. The average molecular weight is 343 g/mol. The fraction of sp³-hybridized carbons (Fsp3) is 0.684. The van der Waals surface area contributed by atoms with Crippen molar-refractivity contribution in [3.8, 4) is 0 Å². The minimum Gasteiger partial charge on any atom is -0.282 e. The second kappa shape index (κ2) is 13.6. The van der Waals surface area contributed by atoms with Gasteiger partial charge in [0.15, 0.2) is 0 Å². The van der Waals surface area contributed by atoms with Crippen LogP contribution in [0.25, 0.3) is 0 Å². The van der Waals surface area contributed by atoms with Gasteiger partial charge in [-0.3, -0.25) is 4.55 Å². The Bertz CT molecular complexity index is 469. The molecule has 0 radical (unpaired) electrons. The molecule has 3 nitrogen and oxygen atoms in total. The second-order valence-corrected chi connectivity index (χ2v) is 7.63. The Kier molecular flexibility index (Phi) is 13.0. The molecule has 0 aliphatic heterocycles. The summed E-state index contributed by atoms with van der Waals surface area (Å²) < 4.78 is 29.2. The Morgan fingerprint density at radius 1 is 0.913 bits per heavy atom. The Labute approximate surface area is 143 Å². The molecule has 134 valence electrons. The molecule has 4 heteroatoms. The molecule has 0 aliphatic carbocycles. The van der Waals surface area contributed by atoms with Gasteiger partial charge in [-0.05, 0) is 18.1 Å². The van der Waals surface area contributed by atoms with E-state index in [-0.39, 0.29) is 4.90 Å². The van der Waals surface area contributed by atoms with E-state index in [1.807, 2.05) is 0 Å². The third kappa shape index (κ3) is 13.3. The first-order valence-electron chi connectivity index (χ1n) is 8.94. The maximum Gasteiger partial charge on any atom is 0.294 e. The molecule has 23 heavy (non-hydrogen) atoms. The van der Waals surface area contributed by atoms with Crippen LogP contribution in [0, 0.1) is 5.92 Å². The highest BCUT2D eigenvalue weighted by atomic mass is 32.2. The summed E-state index contributed by atoms with van der Waals surface area (Å²) in [6, 6.07) is 7.42. The number of benzene rings is 1. The van der Waals surface area contributed by atoms with Gasteiger partial charge in [-0.25, -0.2) is 0 Å². The lowest BCUT2D eigenvalue weighted by atomic mass is 10.00. The van der Waals surface area contributed by atoms with Gasteiger partial charge in [0, 0.05) is 0 Å². The van der Waals surface area contributed by atoms with Crippen molar-refractivity contribution >= 4 is 10.1 Å². The molecule has 1 unspecified atom stereocenters. The monoisotopic (exact) mass is 342 g/mol. The van der Waals surface area contributed by atoms with Crippen LogP contribution in [0.2, 0.25) is 0 Å². The molecule has 0 aromatic heterocycles. The van der Waals surface area contributed by atoms with E-state index in [4.69, 9.17) is 4.55 Å². The Morgan fingerprint density at radius 3 is 1.87 bits per heavy atom. The van der Waals surface area contributed by atoms with Crippen molar-refractivity contribution in [2.45, 2.75) is 83.5 Å². The van der Waals surface area contributed by atoms with E-state index >= 15 is 0 Å². The van der Waals surface area contributed by atoms with Gasteiger partial charge in [0.1, 0.15) is 0 Å². The van der Waals surface area contributed by atoms with Crippen LogP contribution in [0.4, 0.5) is 0 Å². The summed E-state index contributed by atoms with van der Waals surface area (Å²) in [5, 5.41) is 0. The molecule has 1 atom stereocenters. The Hall–Kier alpha value is -0.870. The van der Waals surface area contributed by atoms with Crippen LogP contribution in [0.5, 0.6) is 0 Å². The largest absolute Gasteiger partial charge is 0.294 e. The lowest BCUT2D eigenvalue weighted by Crippen LogP contribution is -1.96. The maximum atomic E-state index is 10.4. The highest BCUT2D eigenvalue weighted by molar-refractivity contribution is 7.85. The summed E-state index contributed by atoms with van der Waals surface area (Å²) >= 11 is 0. The third-order valence-electron chi connectivity index (χ3n) is 4.04. The van der Waals surface area contributed by atoms with Crippen LogP contribution in [0.1, 0.15) is 78.6 Å². The van der Waals surface area contributed by atoms with Crippen molar-refractivity contribution in [3.63, 3.8) is 0 Å². The average Bonchev–Trinajstić information content (AvgIpc) is 2.54. The Morgan fingerprint density at radius 2 is 1.43 bits per heavy atom. The zero-order chi connectivity index (χ0) is 17.6. The number of rotatable bonds is 10. The van der Waals surface area contributed by atoms with Crippen LogP contribution >= 0.6 is 0 Å². The van der Waals surface area contributed by atoms with Crippen LogP contribution in [0.3, 0.4) is 0 Å². The maximum absolute atomic E-state index is 10.4. The van der Waals surface area contributed by atoms with Gasteiger partial charge in [0.2, 0.25) is 0 Å². The zero-order valence-corrected chi connectivity index (χ0v) is 15.8. The molecule has 0 fully saturated rings. The summed E-state index contributed by atoms with van der Waals surface area (Å²) in [6.07, 6.45) is 12.9. The smallest absolute Gasteiger partial charge is 0.282 e. The molecule has 1 N–H and O–H groups in total. The predicted molar refractivity (Wildman–Crippen MR) is 98.3 cm³/mol. The minimum absolute atomic E-state index is 0.0741. The highest BCUT2D eigenvalue weighted by Crippen LogP contribution is 2.14. The molecule has 0 aliphatic rings. The van der Waals surface area contributed by atoms with E-state index in [2.05, 4.69) is 20.8 Å². The molecule has 1 rings (SSSR count). The predicted octanol–water partition coefficient (Wildman–Crippen LogP) is 6.11. The van der Waals surface area contributed by atoms with Crippen molar-refractivity contribution in [2.75, 3.05) is 0 Å². The summed E-state index contributed by atoms with van der Waals surface area (Å²) in [5.74, 6) is 0.954. The summed E-state index contributed by atoms with van der Waals surface area (Å²) in [7, 11) is -4.00. The molecule has 0 amide bonds. The molecular weight excluding hydrogens is 308 g/mol. The molecule has 0 spiro atoms. The Balaban J connectivity index is 0.000000433. The lowest BCUT2D eigenvalue weighted by Gasteiger charge is -2.07.